The van der Waals surface area contributed by atoms with Crippen LogP contribution in [0.5, 0.6) is 5.75 Å². The molecular formula is C27H33N9O2. The Balaban J connectivity index is 1.09. The van der Waals surface area contributed by atoms with E-state index in [9.17, 15) is 4.79 Å². The summed E-state index contributed by atoms with van der Waals surface area (Å²) in [7, 11) is 1.96. The first-order chi connectivity index (χ1) is 18.7. The smallest absolute Gasteiger partial charge is 0.258 e. The van der Waals surface area contributed by atoms with Gasteiger partial charge < -0.3 is 24.4 Å². The topological polar surface area (TPSA) is 117 Å². The van der Waals surface area contributed by atoms with Gasteiger partial charge in [0, 0.05) is 57.2 Å². The van der Waals surface area contributed by atoms with E-state index >= 15 is 0 Å². The number of benzene rings is 1. The Morgan fingerprint density at radius 1 is 1.11 bits per heavy atom. The Labute approximate surface area is 221 Å². The van der Waals surface area contributed by atoms with E-state index in [0.717, 1.165) is 73.1 Å². The molecule has 4 heterocycles. The number of anilines is 2. The van der Waals surface area contributed by atoms with Crippen LogP contribution in [0.4, 0.5) is 11.5 Å². The van der Waals surface area contributed by atoms with Gasteiger partial charge in [0.15, 0.2) is 23.6 Å². The minimum Gasteiger partial charge on any atom is -0.484 e. The highest BCUT2D eigenvalue weighted by Gasteiger charge is 2.24. The number of hydrogen-bond acceptors (Lipinski definition) is 8. The van der Waals surface area contributed by atoms with Crippen LogP contribution in [0.2, 0.25) is 0 Å². The van der Waals surface area contributed by atoms with Crippen molar-refractivity contribution in [3.63, 3.8) is 0 Å². The van der Waals surface area contributed by atoms with Crippen LogP contribution in [0.15, 0.2) is 43.0 Å². The Hall–Kier alpha value is -4.15. The number of ether oxygens (including phenoxy) is 1. The third kappa shape index (κ3) is 5.00. The number of imidazole rings is 1. The Kier molecular flexibility index (Phi) is 6.80. The van der Waals surface area contributed by atoms with Crippen molar-refractivity contribution in [2.24, 2.45) is 7.05 Å². The summed E-state index contributed by atoms with van der Waals surface area (Å²) in [5.41, 5.74) is 3.59. The van der Waals surface area contributed by atoms with Crippen LogP contribution < -0.4 is 19.9 Å². The second kappa shape index (κ2) is 10.7. The molecule has 6 rings (SSSR count). The van der Waals surface area contributed by atoms with Gasteiger partial charge in [-0.1, -0.05) is 25.3 Å². The monoisotopic (exact) mass is 515 g/mol. The molecule has 11 heteroatoms. The fraction of sp³-hybridized carbons (Fsp3) is 0.444. The van der Waals surface area contributed by atoms with Crippen molar-refractivity contribution in [1.29, 1.82) is 0 Å². The van der Waals surface area contributed by atoms with Gasteiger partial charge in [-0.2, -0.15) is 5.10 Å². The first-order valence-corrected chi connectivity index (χ1v) is 13.3. The lowest BCUT2D eigenvalue weighted by Gasteiger charge is -2.36. The molecule has 0 atom stereocenters. The minimum atomic E-state index is -0.0440. The second-order valence-electron chi connectivity index (χ2n) is 10.0. The van der Waals surface area contributed by atoms with Crippen LogP contribution in [0.1, 0.15) is 32.1 Å². The Bertz CT molecular complexity index is 1390. The predicted molar refractivity (Wildman–Crippen MR) is 145 cm³/mol. The number of nitrogens with one attached hydrogen (secondary N) is 2. The van der Waals surface area contributed by atoms with Crippen molar-refractivity contribution in [3.05, 3.63) is 43.0 Å². The summed E-state index contributed by atoms with van der Waals surface area (Å²) in [4.78, 5) is 30.9. The molecule has 2 aliphatic rings. The fourth-order valence-corrected chi connectivity index (χ4v) is 5.46. The van der Waals surface area contributed by atoms with Gasteiger partial charge in [-0.05, 0) is 25.0 Å². The fourth-order valence-electron chi connectivity index (χ4n) is 5.46. The number of carbonyl (C=O) groups is 1. The molecule has 1 aliphatic carbocycles. The number of fused-ring (bicyclic) bond motifs is 1. The molecular weight excluding hydrogens is 482 g/mol. The summed E-state index contributed by atoms with van der Waals surface area (Å²) in [6.07, 6.45) is 11.0. The number of carbonyl (C=O) groups excluding carboxylic acids is 1. The average Bonchev–Trinajstić information content (AvgIpc) is 3.61. The molecule has 1 amide bonds. The number of aryl methyl sites for hydroxylation is 1. The summed E-state index contributed by atoms with van der Waals surface area (Å²) in [5.74, 6) is 2.32. The summed E-state index contributed by atoms with van der Waals surface area (Å²) in [5, 5.41) is 10.0. The largest absolute Gasteiger partial charge is 0.484 e. The standard InChI is InChI=1S/C27H33N9O2/c1-34-25(19-15-30-31-16-19)33-24-26(34)28-18-29-27(24)36-12-10-35(11-13-36)21-8-5-9-22(14-21)38-17-23(37)32-20-6-3-2-4-7-20/h5,8-9,14-16,18,20H,2-4,6-7,10-13,17H2,1H3,(H,30,31)(H,32,37). The molecule has 1 saturated carbocycles. The third-order valence-electron chi connectivity index (χ3n) is 7.50. The molecule has 1 aromatic carbocycles. The zero-order chi connectivity index (χ0) is 25.9. The SMILES string of the molecule is Cn1c(-c2cn[nH]c2)nc2c(N3CCN(c4cccc(OCC(=O)NC5CCCCC5)c4)CC3)ncnc21. The van der Waals surface area contributed by atoms with Gasteiger partial charge in [0.25, 0.3) is 5.91 Å². The predicted octanol–water partition coefficient (Wildman–Crippen LogP) is 2.91. The van der Waals surface area contributed by atoms with E-state index in [4.69, 9.17) is 9.72 Å². The lowest BCUT2D eigenvalue weighted by molar-refractivity contribution is -0.124. The highest BCUT2D eigenvalue weighted by Crippen LogP contribution is 2.29. The molecule has 3 aromatic heterocycles. The molecule has 0 unspecified atom stereocenters. The second-order valence-corrected chi connectivity index (χ2v) is 10.0. The highest BCUT2D eigenvalue weighted by molar-refractivity contribution is 5.86. The highest BCUT2D eigenvalue weighted by atomic mass is 16.5. The van der Waals surface area contributed by atoms with Crippen LogP contribution in [-0.2, 0) is 11.8 Å². The van der Waals surface area contributed by atoms with Gasteiger partial charge in [-0.3, -0.25) is 9.89 Å². The first kappa shape index (κ1) is 24.2. The van der Waals surface area contributed by atoms with E-state index in [-0.39, 0.29) is 12.5 Å². The number of hydrogen-bond donors (Lipinski definition) is 2. The van der Waals surface area contributed by atoms with Gasteiger partial charge >= 0.3 is 0 Å². The molecule has 0 spiro atoms. The first-order valence-electron chi connectivity index (χ1n) is 13.3. The van der Waals surface area contributed by atoms with Crippen molar-refractivity contribution in [2.45, 2.75) is 38.1 Å². The molecule has 4 aromatic rings. The van der Waals surface area contributed by atoms with Crippen LogP contribution in [0.25, 0.3) is 22.6 Å². The number of aromatic nitrogens is 6. The van der Waals surface area contributed by atoms with Gasteiger partial charge in [-0.25, -0.2) is 15.0 Å². The number of amides is 1. The van der Waals surface area contributed by atoms with Crippen molar-refractivity contribution < 1.29 is 9.53 Å². The Morgan fingerprint density at radius 2 is 1.92 bits per heavy atom. The van der Waals surface area contributed by atoms with Crippen LogP contribution in [-0.4, -0.2) is 74.5 Å². The summed E-state index contributed by atoms with van der Waals surface area (Å²) in [6, 6.07) is 8.28. The van der Waals surface area contributed by atoms with E-state index in [2.05, 4.69) is 41.3 Å². The molecule has 1 saturated heterocycles. The van der Waals surface area contributed by atoms with E-state index in [1.807, 2.05) is 36.0 Å². The molecule has 38 heavy (non-hydrogen) atoms. The lowest BCUT2D eigenvalue weighted by Crippen LogP contribution is -2.47. The van der Waals surface area contributed by atoms with Crippen LogP contribution >= 0.6 is 0 Å². The molecule has 0 bridgehead atoms. The maximum atomic E-state index is 12.4. The average molecular weight is 516 g/mol. The van der Waals surface area contributed by atoms with Gasteiger partial charge in [0.2, 0.25) is 0 Å². The lowest BCUT2D eigenvalue weighted by atomic mass is 9.95. The maximum Gasteiger partial charge on any atom is 0.258 e. The molecule has 11 nitrogen and oxygen atoms in total. The van der Waals surface area contributed by atoms with E-state index in [1.165, 1.54) is 19.3 Å². The third-order valence-corrected chi connectivity index (χ3v) is 7.50. The molecule has 2 N–H and O–H groups in total. The summed E-state index contributed by atoms with van der Waals surface area (Å²) >= 11 is 0. The van der Waals surface area contributed by atoms with Crippen molar-refractivity contribution in [3.8, 4) is 17.1 Å². The van der Waals surface area contributed by atoms with E-state index < -0.39 is 0 Å². The maximum absolute atomic E-state index is 12.4. The van der Waals surface area contributed by atoms with E-state index in [1.54, 1.807) is 12.5 Å². The number of aromatic amines is 1. The number of nitrogens with zero attached hydrogens (tertiary/aromatic N) is 7. The zero-order valence-corrected chi connectivity index (χ0v) is 21.6. The van der Waals surface area contributed by atoms with Crippen LogP contribution in [0.3, 0.4) is 0 Å². The molecule has 198 valence electrons. The number of H-pyrrole nitrogens is 1. The van der Waals surface area contributed by atoms with Crippen LogP contribution in [0, 0.1) is 0 Å². The minimum absolute atomic E-state index is 0.0440. The number of piperazine rings is 1. The normalized spacial score (nSPS) is 16.7. The summed E-state index contributed by atoms with van der Waals surface area (Å²) in [6.45, 7) is 3.32. The molecule has 0 radical (unpaired) electrons. The van der Waals surface area contributed by atoms with Gasteiger partial charge in [0.05, 0.1) is 11.8 Å². The van der Waals surface area contributed by atoms with Gasteiger partial charge in [-0.15, -0.1) is 0 Å². The van der Waals surface area contributed by atoms with Crippen molar-refractivity contribution >= 4 is 28.6 Å². The quantitative estimate of drug-likeness (QED) is 0.386. The Morgan fingerprint density at radius 3 is 2.71 bits per heavy atom. The molecule has 1 aliphatic heterocycles. The molecule has 2 fully saturated rings. The zero-order valence-electron chi connectivity index (χ0n) is 21.6. The van der Waals surface area contributed by atoms with Crippen molar-refractivity contribution in [2.75, 3.05) is 42.6 Å². The van der Waals surface area contributed by atoms with Crippen molar-refractivity contribution in [1.82, 2.24) is 35.0 Å². The van der Waals surface area contributed by atoms with E-state index in [0.29, 0.717) is 11.8 Å². The summed E-state index contributed by atoms with van der Waals surface area (Å²) < 4.78 is 7.82. The number of rotatable bonds is 7. The van der Waals surface area contributed by atoms with Gasteiger partial charge in [0.1, 0.15) is 17.9 Å².